The van der Waals surface area contributed by atoms with Crippen LogP contribution >= 0.6 is 12.2 Å². The second-order valence-corrected chi connectivity index (χ2v) is 6.89. The molecule has 3 aromatic carbocycles. The number of rotatable bonds is 8. The molecule has 0 unspecified atom stereocenters. The quantitative estimate of drug-likeness (QED) is 0.511. The third-order valence-electron chi connectivity index (χ3n) is 4.25. The molecular weight excluding hydrogens is 396 g/mol. The number of anilines is 1. The van der Waals surface area contributed by atoms with Gasteiger partial charge in [0.15, 0.2) is 5.11 Å². The summed E-state index contributed by atoms with van der Waals surface area (Å²) in [5, 5.41) is 5.90. The zero-order valence-electron chi connectivity index (χ0n) is 16.8. The minimum Gasteiger partial charge on any atom is -0.494 e. The van der Waals surface area contributed by atoms with Crippen LogP contribution in [0.4, 0.5) is 5.69 Å². The lowest BCUT2D eigenvalue weighted by molar-refractivity contribution is 0.0977. The minimum absolute atomic E-state index is 0.222. The summed E-state index contributed by atoms with van der Waals surface area (Å²) >= 11 is 5.25. The van der Waals surface area contributed by atoms with Crippen molar-refractivity contribution in [2.24, 2.45) is 0 Å². The molecule has 154 valence electrons. The fourth-order valence-corrected chi connectivity index (χ4v) is 3.01. The first-order valence-electron chi connectivity index (χ1n) is 9.76. The van der Waals surface area contributed by atoms with Gasteiger partial charge in [0.05, 0.1) is 13.2 Å². The Hall–Kier alpha value is -3.38. The first-order valence-corrected chi connectivity index (χ1v) is 10.2. The molecule has 0 saturated carbocycles. The molecule has 1 amide bonds. The van der Waals surface area contributed by atoms with Gasteiger partial charge < -0.3 is 14.8 Å². The SMILES string of the molecule is CCOc1ccc(NC(=S)NC(=O)c2cccc(OCCc3ccccc3)c2)cc1. The molecule has 0 heterocycles. The van der Waals surface area contributed by atoms with Crippen molar-refractivity contribution in [1.82, 2.24) is 5.32 Å². The van der Waals surface area contributed by atoms with Crippen LogP contribution in [0.3, 0.4) is 0 Å². The molecule has 0 saturated heterocycles. The Balaban J connectivity index is 1.50. The summed E-state index contributed by atoms with van der Waals surface area (Å²) in [6.45, 7) is 3.07. The van der Waals surface area contributed by atoms with Crippen molar-refractivity contribution >= 4 is 28.9 Å². The van der Waals surface area contributed by atoms with Crippen LogP contribution in [0.2, 0.25) is 0 Å². The highest BCUT2D eigenvalue weighted by Crippen LogP contribution is 2.16. The number of benzene rings is 3. The van der Waals surface area contributed by atoms with Crippen molar-refractivity contribution in [3.05, 3.63) is 90.0 Å². The number of ether oxygens (including phenoxy) is 2. The second-order valence-electron chi connectivity index (χ2n) is 6.48. The third kappa shape index (κ3) is 6.60. The monoisotopic (exact) mass is 420 g/mol. The van der Waals surface area contributed by atoms with Gasteiger partial charge in [0.2, 0.25) is 0 Å². The molecule has 0 spiro atoms. The van der Waals surface area contributed by atoms with E-state index >= 15 is 0 Å². The van der Waals surface area contributed by atoms with Crippen molar-refractivity contribution in [1.29, 1.82) is 0 Å². The third-order valence-corrected chi connectivity index (χ3v) is 4.45. The molecule has 0 aliphatic heterocycles. The summed E-state index contributed by atoms with van der Waals surface area (Å²) in [6.07, 6.45) is 0.799. The summed E-state index contributed by atoms with van der Waals surface area (Å²) < 4.78 is 11.2. The molecular formula is C24H24N2O3S. The molecule has 2 N–H and O–H groups in total. The van der Waals surface area contributed by atoms with E-state index in [4.69, 9.17) is 21.7 Å². The van der Waals surface area contributed by atoms with Crippen molar-refractivity contribution in [3.63, 3.8) is 0 Å². The maximum absolute atomic E-state index is 12.5. The number of carbonyl (C=O) groups is 1. The zero-order valence-corrected chi connectivity index (χ0v) is 17.6. The average Bonchev–Trinajstić information content (AvgIpc) is 2.76. The van der Waals surface area contributed by atoms with Gasteiger partial charge >= 0.3 is 0 Å². The minimum atomic E-state index is -0.299. The Labute approximate surface area is 182 Å². The van der Waals surface area contributed by atoms with Crippen LogP contribution in [0, 0.1) is 0 Å². The predicted molar refractivity (Wildman–Crippen MR) is 123 cm³/mol. The van der Waals surface area contributed by atoms with Gasteiger partial charge in [-0.25, -0.2) is 0 Å². The van der Waals surface area contributed by atoms with Gasteiger partial charge in [-0.15, -0.1) is 0 Å². The smallest absolute Gasteiger partial charge is 0.257 e. The Bertz CT molecular complexity index is 975. The maximum atomic E-state index is 12.5. The Kier molecular flexibility index (Phi) is 7.80. The van der Waals surface area contributed by atoms with Crippen molar-refractivity contribution in [2.75, 3.05) is 18.5 Å². The Morgan fingerprint density at radius 2 is 1.67 bits per heavy atom. The number of nitrogens with one attached hydrogen (secondary N) is 2. The molecule has 0 aromatic heterocycles. The maximum Gasteiger partial charge on any atom is 0.257 e. The number of amides is 1. The van der Waals surface area contributed by atoms with Crippen LogP contribution in [0.1, 0.15) is 22.8 Å². The number of carbonyl (C=O) groups excluding carboxylic acids is 1. The van der Waals surface area contributed by atoms with Crippen LogP contribution < -0.4 is 20.1 Å². The van der Waals surface area contributed by atoms with E-state index in [9.17, 15) is 4.79 Å². The largest absolute Gasteiger partial charge is 0.494 e. The predicted octanol–water partition coefficient (Wildman–Crippen LogP) is 4.83. The number of thiocarbonyl (C=S) groups is 1. The number of hydrogen-bond donors (Lipinski definition) is 2. The molecule has 3 rings (SSSR count). The fraction of sp³-hybridized carbons (Fsp3) is 0.167. The van der Waals surface area contributed by atoms with E-state index in [-0.39, 0.29) is 11.0 Å². The molecule has 0 radical (unpaired) electrons. The van der Waals surface area contributed by atoms with Gasteiger partial charge in [-0.2, -0.15) is 0 Å². The molecule has 0 aliphatic carbocycles. The molecule has 5 nitrogen and oxygen atoms in total. The van der Waals surface area contributed by atoms with Gasteiger partial charge in [-0.1, -0.05) is 36.4 Å². The highest BCUT2D eigenvalue weighted by molar-refractivity contribution is 7.80. The van der Waals surface area contributed by atoms with Crippen molar-refractivity contribution in [2.45, 2.75) is 13.3 Å². The first-order chi connectivity index (χ1) is 14.6. The summed E-state index contributed by atoms with van der Waals surface area (Å²) in [4.78, 5) is 12.5. The average molecular weight is 421 g/mol. The number of hydrogen-bond acceptors (Lipinski definition) is 4. The van der Waals surface area contributed by atoms with E-state index < -0.39 is 0 Å². The molecule has 30 heavy (non-hydrogen) atoms. The molecule has 0 fully saturated rings. The van der Waals surface area contributed by atoms with Crippen LogP contribution in [0.25, 0.3) is 0 Å². The summed E-state index contributed by atoms with van der Waals surface area (Å²) in [5.41, 5.74) is 2.45. The summed E-state index contributed by atoms with van der Waals surface area (Å²) in [5.74, 6) is 1.12. The van der Waals surface area contributed by atoms with E-state index in [0.29, 0.717) is 24.5 Å². The molecule has 6 heteroatoms. The lowest BCUT2D eigenvalue weighted by Crippen LogP contribution is -2.34. The van der Waals surface area contributed by atoms with Crippen molar-refractivity contribution in [3.8, 4) is 11.5 Å². The molecule has 0 aliphatic rings. The summed E-state index contributed by atoms with van der Waals surface area (Å²) in [6, 6.07) is 24.5. The van der Waals surface area contributed by atoms with E-state index in [1.807, 2.05) is 55.5 Å². The van der Waals surface area contributed by atoms with Gasteiger partial charge in [0.1, 0.15) is 11.5 Å². The molecule has 3 aromatic rings. The van der Waals surface area contributed by atoms with Gasteiger partial charge in [0, 0.05) is 17.7 Å². The van der Waals surface area contributed by atoms with Crippen LogP contribution in [0.15, 0.2) is 78.9 Å². The normalized spacial score (nSPS) is 10.2. The lowest BCUT2D eigenvalue weighted by atomic mass is 10.2. The van der Waals surface area contributed by atoms with Gasteiger partial charge in [-0.3, -0.25) is 10.1 Å². The van der Waals surface area contributed by atoms with E-state index in [1.165, 1.54) is 5.56 Å². The van der Waals surface area contributed by atoms with E-state index in [0.717, 1.165) is 17.9 Å². The van der Waals surface area contributed by atoms with Gasteiger partial charge in [-0.05, 0) is 67.2 Å². The summed E-state index contributed by atoms with van der Waals surface area (Å²) in [7, 11) is 0. The van der Waals surface area contributed by atoms with E-state index in [1.54, 1.807) is 18.2 Å². The molecule has 0 atom stereocenters. The highest BCUT2D eigenvalue weighted by Gasteiger charge is 2.09. The zero-order chi connectivity index (χ0) is 21.2. The standard InChI is InChI=1S/C24H24N2O3S/c1-2-28-21-13-11-20(12-14-21)25-24(30)26-23(27)19-9-6-10-22(17-19)29-16-15-18-7-4-3-5-8-18/h3-14,17H,2,15-16H2,1H3,(H2,25,26,27,30). The Morgan fingerprint density at radius 1 is 0.900 bits per heavy atom. The fourth-order valence-electron chi connectivity index (χ4n) is 2.80. The molecule has 0 bridgehead atoms. The highest BCUT2D eigenvalue weighted by atomic mass is 32.1. The first kappa shape index (κ1) is 21.3. The lowest BCUT2D eigenvalue weighted by Gasteiger charge is -2.11. The topological polar surface area (TPSA) is 59.6 Å². The van der Waals surface area contributed by atoms with Crippen LogP contribution in [-0.4, -0.2) is 24.2 Å². The van der Waals surface area contributed by atoms with Gasteiger partial charge in [0.25, 0.3) is 5.91 Å². The Morgan fingerprint density at radius 3 is 2.40 bits per heavy atom. The van der Waals surface area contributed by atoms with E-state index in [2.05, 4.69) is 22.8 Å². The second kappa shape index (κ2) is 11.0. The van der Waals surface area contributed by atoms with Crippen molar-refractivity contribution < 1.29 is 14.3 Å². The van der Waals surface area contributed by atoms with Crippen LogP contribution in [0.5, 0.6) is 11.5 Å². The van der Waals surface area contributed by atoms with Crippen LogP contribution in [-0.2, 0) is 6.42 Å².